The summed E-state index contributed by atoms with van der Waals surface area (Å²) in [6, 6.07) is 6.75. The van der Waals surface area contributed by atoms with Crippen molar-refractivity contribution in [3.05, 3.63) is 86.1 Å². The molecule has 1 amide bonds. The first-order valence-corrected chi connectivity index (χ1v) is 9.57. The third-order valence-electron chi connectivity index (χ3n) is 4.91. The van der Waals surface area contributed by atoms with E-state index in [4.69, 9.17) is 5.11 Å². The van der Waals surface area contributed by atoms with Crippen molar-refractivity contribution in [2.75, 3.05) is 6.54 Å². The molecular formula is C21H18F3N3O6. The Hall–Kier alpha value is -4.09. The first-order valence-electron chi connectivity index (χ1n) is 9.57. The lowest BCUT2D eigenvalue weighted by atomic mass is 9.99. The number of carbonyl (C=O) groups is 2. The van der Waals surface area contributed by atoms with Crippen LogP contribution in [0.5, 0.6) is 5.88 Å². The number of carboxylic acid groups (broad SMARTS) is 1. The van der Waals surface area contributed by atoms with E-state index in [1.54, 1.807) is 30.3 Å². The Bertz CT molecular complexity index is 1260. The Morgan fingerprint density at radius 1 is 1.15 bits per heavy atom. The van der Waals surface area contributed by atoms with E-state index in [9.17, 15) is 37.5 Å². The highest BCUT2D eigenvalue weighted by molar-refractivity contribution is 5.97. The molecule has 0 radical (unpaired) electrons. The molecule has 9 nitrogen and oxygen atoms in total. The van der Waals surface area contributed by atoms with Crippen LogP contribution in [0, 0.1) is 0 Å². The summed E-state index contributed by atoms with van der Waals surface area (Å²) in [7, 11) is 0. The maximum Gasteiger partial charge on any atom is 0.412 e. The maximum absolute atomic E-state index is 13.2. The highest BCUT2D eigenvalue weighted by Gasteiger charge is 2.37. The van der Waals surface area contributed by atoms with Gasteiger partial charge in [-0.2, -0.15) is 13.2 Å². The lowest BCUT2D eigenvalue weighted by Gasteiger charge is -2.24. The average molecular weight is 465 g/mol. The van der Waals surface area contributed by atoms with Gasteiger partial charge in [-0.15, -0.1) is 0 Å². The van der Waals surface area contributed by atoms with E-state index in [1.165, 1.54) is 6.08 Å². The number of halogens is 3. The van der Waals surface area contributed by atoms with Gasteiger partial charge in [0.15, 0.2) is 5.56 Å². The summed E-state index contributed by atoms with van der Waals surface area (Å²) in [5, 5.41) is 21.3. The number of alkyl halides is 3. The minimum absolute atomic E-state index is 0.337. The molecule has 3 N–H and O–H groups in total. The minimum Gasteiger partial charge on any atom is -0.494 e. The fourth-order valence-electron chi connectivity index (χ4n) is 3.35. The molecule has 3 rings (SSSR count). The van der Waals surface area contributed by atoms with E-state index in [0.29, 0.717) is 14.7 Å². The van der Waals surface area contributed by atoms with Gasteiger partial charge in [-0.05, 0) is 5.56 Å². The first kappa shape index (κ1) is 23.6. The van der Waals surface area contributed by atoms with Crippen molar-refractivity contribution in [2.24, 2.45) is 0 Å². The van der Waals surface area contributed by atoms with Crippen LogP contribution in [0.15, 0.2) is 63.7 Å². The molecule has 1 aliphatic rings. The number of carbonyl (C=O) groups excluding carboxylic acids is 1. The van der Waals surface area contributed by atoms with Crippen molar-refractivity contribution < 1.29 is 33.0 Å². The van der Waals surface area contributed by atoms with Crippen LogP contribution >= 0.6 is 0 Å². The molecule has 1 aliphatic carbocycles. The fraction of sp³-hybridized carbons (Fsp3) is 0.238. The summed E-state index contributed by atoms with van der Waals surface area (Å²) >= 11 is 0. The molecule has 174 valence electrons. The number of nitrogens with zero attached hydrogens (tertiary/aromatic N) is 2. The summed E-state index contributed by atoms with van der Waals surface area (Å²) in [5.41, 5.74) is -3.80. The van der Waals surface area contributed by atoms with Crippen LogP contribution in [-0.4, -0.2) is 43.9 Å². The smallest absolute Gasteiger partial charge is 0.412 e. The van der Waals surface area contributed by atoms with Crippen LogP contribution in [0.4, 0.5) is 13.2 Å². The number of hydrogen-bond acceptors (Lipinski definition) is 5. The van der Waals surface area contributed by atoms with Gasteiger partial charge in [-0.3, -0.25) is 23.5 Å². The summed E-state index contributed by atoms with van der Waals surface area (Å²) in [6.45, 7) is -1.23. The van der Waals surface area contributed by atoms with Gasteiger partial charge >= 0.3 is 17.8 Å². The first-order chi connectivity index (χ1) is 15.5. The van der Waals surface area contributed by atoms with Gasteiger partial charge in [-0.25, -0.2) is 4.79 Å². The minimum atomic E-state index is -4.69. The van der Waals surface area contributed by atoms with E-state index in [1.807, 2.05) is 5.32 Å². The van der Waals surface area contributed by atoms with Crippen molar-refractivity contribution in [1.82, 2.24) is 14.5 Å². The SMILES string of the molecule is O=C(O)CNC(=O)c1c(O)n(C2C=CC=C(C(F)(F)F)C2)c(=O)n(Cc2ccccc2)c1=O. The van der Waals surface area contributed by atoms with Crippen molar-refractivity contribution in [3.63, 3.8) is 0 Å². The normalized spacial score (nSPS) is 15.7. The number of allylic oxidation sites excluding steroid dienone is 4. The molecule has 33 heavy (non-hydrogen) atoms. The summed E-state index contributed by atoms with van der Waals surface area (Å²) in [4.78, 5) is 49.3. The maximum atomic E-state index is 13.2. The second kappa shape index (κ2) is 9.18. The molecule has 0 aliphatic heterocycles. The number of nitrogens with one attached hydrogen (secondary N) is 1. The topological polar surface area (TPSA) is 131 Å². The van der Waals surface area contributed by atoms with E-state index >= 15 is 0 Å². The van der Waals surface area contributed by atoms with Gasteiger partial charge in [0.1, 0.15) is 6.54 Å². The van der Waals surface area contributed by atoms with Gasteiger partial charge in [0.2, 0.25) is 5.88 Å². The van der Waals surface area contributed by atoms with Crippen molar-refractivity contribution >= 4 is 11.9 Å². The molecule has 0 fully saturated rings. The van der Waals surface area contributed by atoms with Crippen molar-refractivity contribution in [2.45, 2.75) is 25.2 Å². The van der Waals surface area contributed by atoms with E-state index in [0.717, 1.165) is 12.2 Å². The molecule has 0 saturated carbocycles. The monoisotopic (exact) mass is 465 g/mol. The van der Waals surface area contributed by atoms with Crippen molar-refractivity contribution in [1.29, 1.82) is 0 Å². The van der Waals surface area contributed by atoms with Gasteiger partial charge in [-0.1, -0.05) is 48.6 Å². The molecule has 2 aromatic rings. The Morgan fingerprint density at radius 3 is 2.42 bits per heavy atom. The number of benzene rings is 1. The average Bonchev–Trinajstić information content (AvgIpc) is 2.75. The Balaban J connectivity index is 2.18. The zero-order valence-corrected chi connectivity index (χ0v) is 16.9. The van der Waals surface area contributed by atoms with E-state index in [2.05, 4.69) is 0 Å². The van der Waals surface area contributed by atoms with Crippen LogP contribution in [-0.2, 0) is 11.3 Å². The zero-order chi connectivity index (χ0) is 24.3. The summed E-state index contributed by atoms with van der Waals surface area (Å²) in [5.74, 6) is -3.88. The lowest BCUT2D eigenvalue weighted by Crippen LogP contribution is -2.46. The van der Waals surface area contributed by atoms with Crippen LogP contribution < -0.4 is 16.6 Å². The predicted octanol–water partition coefficient (Wildman–Crippen LogP) is 1.57. The van der Waals surface area contributed by atoms with Gasteiger partial charge in [0.05, 0.1) is 12.6 Å². The summed E-state index contributed by atoms with van der Waals surface area (Å²) < 4.78 is 40.8. The number of carboxylic acids is 1. The van der Waals surface area contributed by atoms with Crippen LogP contribution in [0.25, 0.3) is 0 Å². The third-order valence-corrected chi connectivity index (χ3v) is 4.91. The third kappa shape index (κ3) is 5.05. The summed E-state index contributed by atoms with van der Waals surface area (Å²) in [6.07, 6.45) is -2.33. The molecule has 0 saturated heterocycles. The second-order valence-electron chi connectivity index (χ2n) is 7.15. The predicted molar refractivity (Wildman–Crippen MR) is 109 cm³/mol. The van der Waals surface area contributed by atoms with E-state index < -0.39 is 65.3 Å². The van der Waals surface area contributed by atoms with Gasteiger partial charge in [0.25, 0.3) is 11.5 Å². The molecule has 12 heteroatoms. The number of amides is 1. The second-order valence-corrected chi connectivity index (χ2v) is 7.15. The number of rotatable bonds is 6. The molecule has 1 heterocycles. The molecule has 0 spiro atoms. The van der Waals surface area contributed by atoms with Gasteiger partial charge in [0, 0.05) is 12.0 Å². The molecule has 1 unspecified atom stereocenters. The highest BCUT2D eigenvalue weighted by atomic mass is 19.4. The van der Waals surface area contributed by atoms with Crippen LogP contribution in [0.3, 0.4) is 0 Å². The molecule has 1 aromatic heterocycles. The Morgan fingerprint density at radius 2 is 1.82 bits per heavy atom. The van der Waals surface area contributed by atoms with Crippen LogP contribution in [0.1, 0.15) is 28.4 Å². The number of aliphatic carboxylic acids is 1. The zero-order valence-electron chi connectivity index (χ0n) is 16.9. The number of aromatic hydroxyl groups is 1. The molecule has 1 aromatic carbocycles. The fourth-order valence-corrected chi connectivity index (χ4v) is 3.35. The standard InChI is InChI=1S/C21H18F3N3O6/c22-21(23,24)13-7-4-8-14(9-13)27-19(32)16(17(30)25-10-15(28)29)18(31)26(20(27)33)11-12-5-2-1-3-6-12/h1-8,14,32H,9-11H2,(H,25,30)(H,28,29). The Labute approximate surface area is 183 Å². The number of hydrogen-bond donors (Lipinski definition) is 3. The molecular weight excluding hydrogens is 447 g/mol. The van der Waals surface area contributed by atoms with Gasteiger partial charge < -0.3 is 15.5 Å². The molecule has 0 bridgehead atoms. The largest absolute Gasteiger partial charge is 0.494 e. The highest BCUT2D eigenvalue weighted by Crippen LogP contribution is 2.35. The molecule has 1 atom stereocenters. The lowest BCUT2D eigenvalue weighted by molar-refractivity contribution is -0.135. The van der Waals surface area contributed by atoms with Crippen LogP contribution in [0.2, 0.25) is 0 Å². The van der Waals surface area contributed by atoms with E-state index in [-0.39, 0.29) is 6.54 Å². The quantitative estimate of drug-likeness (QED) is 0.594. The van der Waals surface area contributed by atoms with Crippen molar-refractivity contribution in [3.8, 4) is 5.88 Å². The number of aromatic nitrogens is 2. The Kier molecular flexibility index (Phi) is 6.56.